The zero-order valence-electron chi connectivity index (χ0n) is 10.7. The molecule has 0 saturated carbocycles. The van der Waals surface area contributed by atoms with Gasteiger partial charge in [0.05, 0.1) is 11.3 Å². The summed E-state index contributed by atoms with van der Waals surface area (Å²) in [6.07, 6.45) is 0. The average Bonchev–Trinajstić information content (AvgIpc) is 2.29. The third kappa shape index (κ3) is 3.92. The Morgan fingerprint density at radius 3 is 2.47 bits per heavy atom. The molecule has 0 aromatic heterocycles. The summed E-state index contributed by atoms with van der Waals surface area (Å²) in [6, 6.07) is 4.03. The van der Waals surface area contributed by atoms with Crippen LogP contribution >= 0.6 is 15.9 Å². The molecular formula is C11H15BrN2O4S. The van der Waals surface area contributed by atoms with Gasteiger partial charge in [-0.05, 0) is 48.0 Å². The topological polar surface area (TPSA) is 86.7 Å². The fraction of sp³-hybridized carbons (Fsp3) is 0.364. The van der Waals surface area contributed by atoms with E-state index >= 15 is 0 Å². The Morgan fingerprint density at radius 1 is 1.42 bits per heavy atom. The lowest BCUT2D eigenvalue weighted by atomic mass is 10.2. The zero-order chi connectivity index (χ0) is 14.8. The number of hydrogen-bond donors (Lipinski definition) is 2. The first-order valence-electron chi connectivity index (χ1n) is 5.43. The molecule has 0 atom stereocenters. The van der Waals surface area contributed by atoms with Crippen LogP contribution in [0.15, 0.2) is 22.7 Å². The molecule has 0 unspecified atom stereocenters. The van der Waals surface area contributed by atoms with Gasteiger partial charge in [-0.3, -0.25) is 4.72 Å². The Morgan fingerprint density at radius 2 is 2.00 bits per heavy atom. The molecule has 0 heterocycles. The highest BCUT2D eigenvalue weighted by Crippen LogP contribution is 2.22. The Balaban J connectivity index is 3.07. The third-order valence-corrected chi connectivity index (χ3v) is 4.91. The number of nitrogens with zero attached hydrogens (tertiary/aromatic N) is 1. The van der Waals surface area contributed by atoms with Crippen LogP contribution in [0, 0.1) is 0 Å². The lowest BCUT2D eigenvalue weighted by molar-refractivity contribution is 0.0696. The van der Waals surface area contributed by atoms with Crippen LogP contribution < -0.4 is 4.72 Å². The lowest BCUT2D eigenvalue weighted by Crippen LogP contribution is -2.37. The summed E-state index contributed by atoms with van der Waals surface area (Å²) in [7, 11) is -2.24. The van der Waals surface area contributed by atoms with E-state index in [2.05, 4.69) is 20.7 Å². The minimum absolute atomic E-state index is 0.00704. The SMILES string of the molecule is CC(C)N(C)S(=O)(=O)Nc1ccc(Br)c(C(=O)O)c1. The first-order valence-corrected chi connectivity index (χ1v) is 7.67. The summed E-state index contributed by atoms with van der Waals surface area (Å²) in [5.41, 5.74) is 0.195. The minimum Gasteiger partial charge on any atom is -0.478 e. The van der Waals surface area contributed by atoms with E-state index in [1.54, 1.807) is 13.8 Å². The Bertz CT molecular complexity index is 586. The van der Waals surface area contributed by atoms with E-state index in [9.17, 15) is 13.2 Å². The molecule has 0 fully saturated rings. The largest absolute Gasteiger partial charge is 0.478 e. The smallest absolute Gasteiger partial charge is 0.336 e. The third-order valence-electron chi connectivity index (χ3n) is 2.55. The van der Waals surface area contributed by atoms with Gasteiger partial charge in [0.25, 0.3) is 0 Å². The molecular weight excluding hydrogens is 336 g/mol. The van der Waals surface area contributed by atoms with Crippen LogP contribution in [0.2, 0.25) is 0 Å². The van der Waals surface area contributed by atoms with Crippen molar-refractivity contribution in [3.63, 3.8) is 0 Å². The molecule has 0 radical (unpaired) electrons. The van der Waals surface area contributed by atoms with Crippen LogP contribution in [0.25, 0.3) is 0 Å². The number of rotatable bonds is 5. The molecule has 1 aromatic rings. The van der Waals surface area contributed by atoms with Crippen molar-refractivity contribution in [1.82, 2.24) is 4.31 Å². The molecule has 0 spiro atoms. The quantitative estimate of drug-likeness (QED) is 0.851. The molecule has 0 saturated heterocycles. The van der Waals surface area contributed by atoms with Gasteiger partial charge in [-0.1, -0.05) is 0 Å². The molecule has 6 nitrogen and oxygen atoms in total. The predicted octanol–water partition coefficient (Wildman–Crippen LogP) is 2.14. The summed E-state index contributed by atoms with van der Waals surface area (Å²) in [5.74, 6) is -1.13. The van der Waals surface area contributed by atoms with Crippen molar-refractivity contribution in [2.75, 3.05) is 11.8 Å². The first kappa shape index (κ1) is 15.9. The second kappa shape index (κ2) is 5.89. The number of carboxylic acid groups (broad SMARTS) is 1. The number of carbonyl (C=O) groups is 1. The highest BCUT2D eigenvalue weighted by molar-refractivity contribution is 9.10. The number of hydrogen-bond acceptors (Lipinski definition) is 3. The van der Waals surface area contributed by atoms with E-state index in [-0.39, 0.29) is 17.3 Å². The molecule has 0 amide bonds. The summed E-state index contributed by atoms with van der Waals surface area (Å²) >= 11 is 3.09. The molecule has 0 aliphatic heterocycles. The highest BCUT2D eigenvalue weighted by Gasteiger charge is 2.21. The van der Waals surface area contributed by atoms with Crippen molar-refractivity contribution >= 4 is 37.8 Å². The second-order valence-electron chi connectivity index (χ2n) is 4.22. The van der Waals surface area contributed by atoms with Crippen LogP contribution in [0.3, 0.4) is 0 Å². The van der Waals surface area contributed by atoms with Gasteiger partial charge < -0.3 is 5.11 Å². The van der Waals surface area contributed by atoms with Gasteiger partial charge in [0.1, 0.15) is 0 Å². The predicted molar refractivity (Wildman–Crippen MR) is 76.5 cm³/mol. The van der Waals surface area contributed by atoms with Crippen LogP contribution in [-0.4, -0.2) is 36.9 Å². The zero-order valence-corrected chi connectivity index (χ0v) is 13.1. The van der Waals surface area contributed by atoms with Crippen molar-refractivity contribution in [3.05, 3.63) is 28.2 Å². The van der Waals surface area contributed by atoms with Gasteiger partial charge in [-0.15, -0.1) is 0 Å². The van der Waals surface area contributed by atoms with E-state index in [1.807, 2.05) is 0 Å². The van der Waals surface area contributed by atoms with Crippen molar-refractivity contribution in [2.45, 2.75) is 19.9 Å². The lowest BCUT2D eigenvalue weighted by Gasteiger charge is -2.21. The molecule has 19 heavy (non-hydrogen) atoms. The van der Waals surface area contributed by atoms with E-state index < -0.39 is 16.2 Å². The van der Waals surface area contributed by atoms with E-state index in [4.69, 9.17) is 5.11 Å². The number of carboxylic acids is 1. The molecule has 1 rings (SSSR count). The number of aromatic carboxylic acids is 1. The van der Waals surface area contributed by atoms with Crippen LogP contribution in [0.5, 0.6) is 0 Å². The van der Waals surface area contributed by atoms with Crippen LogP contribution in [0.1, 0.15) is 24.2 Å². The van der Waals surface area contributed by atoms with Crippen LogP contribution in [-0.2, 0) is 10.2 Å². The van der Waals surface area contributed by atoms with E-state index in [1.165, 1.54) is 25.2 Å². The molecule has 2 N–H and O–H groups in total. The Labute approximate surface area is 120 Å². The van der Waals surface area contributed by atoms with Crippen LogP contribution in [0.4, 0.5) is 5.69 Å². The second-order valence-corrected chi connectivity index (χ2v) is 6.80. The summed E-state index contributed by atoms with van der Waals surface area (Å²) in [5, 5.41) is 8.97. The standard InChI is InChI=1S/C11H15BrN2O4S/c1-7(2)14(3)19(17,18)13-8-4-5-10(12)9(6-8)11(15)16/h4-7,13H,1-3H3,(H,15,16). The molecule has 8 heteroatoms. The summed E-state index contributed by atoms with van der Waals surface area (Å²) < 4.78 is 27.8. The monoisotopic (exact) mass is 350 g/mol. The van der Waals surface area contributed by atoms with Crippen molar-refractivity contribution in [1.29, 1.82) is 0 Å². The van der Waals surface area contributed by atoms with Crippen molar-refractivity contribution in [3.8, 4) is 0 Å². The Kier molecular flexibility index (Phi) is 4.94. The molecule has 0 aliphatic rings. The van der Waals surface area contributed by atoms with Gasteiger partial charge >= 0.3 is 16.2 Å². The first-order chi connectivity index (χ1) is 8.65. The fourth-order valence-corrected chi connectivity index (χ4v) is 2.79. The van der Waals surface area contributed by atoms with Crippen molar-refractivity contribution in [2.24, 2.45) is 0 Å². The molecule has 0 bridgehead atoms. The molecule has 106 valence electrons. The highest BCUT2D eigenvalue weighted by atomic mass is 79.9. The summed E-state index contributed by atoms with van der Waals surface area (Å²) in [4.78, 5) is 11.0. The van der Waals surface area contributed by atoms with Gasteiger partial charge in [0.2, 0.25) is 0 Å². The summed E-state index contributed by atoms with van der Waals surface area (Å²) in [6.45, 7) is 3.48. The minimum atomic E-state index is -3.69. The van der Waals surface area contributed by atoms with E-state index in [0.717, 1.165) is 4.31 Å². The number of halogens is 1. The maximum atomic E-state index is 12.0. The maximum Gasteiger partial charge on any atom is 0.336 e. The molecule has 1 aromatic carbocycles. The molecule has 0 aliphatic carbocycles. The number of benzene rings is 1. The fourth-order valence-electron chi connectivity index (χ4n) is 1.25. The van der Waals surface area contributed by atoms with Gasteiger partial charge in [-0.25, -0.2) is 4.79 Å². The maximum absolute atomic E-state index is 12.0. The van der Waals surface area contributed by atoms with Crippen molar-refractivity contribution < 1.29 is 18.3 Å². The van der Waals surface area contributed by atoms with Gasteiger partial charge in [0.15, 0.2) is 0 Å². The normalized spacial score (nSPS) is 11.9. The van der Waals surface area contributed by atoms with Gasteiger partial charge in [-0.2, -0.15) is 12.7 Å². The van der Waals surface area contributed by atoms with E-state index in [0.29, 0.717) is 4.47 Å². The Hall–Kier alpha value is -1.12. The van der Waals surface area contributed by atoms with Gasteiger partial charge in [0, 0.05) is 17.6 Å². The number of anilines is 1. The average molecular weight is 351 g/mol. The number of nitrogens with one attached hydrogen (secondary N) is 1.